The van der Waals surface area contributed by atoms with E-state index in [0.717, 1.165) is 22.8 Å². The fourth-order valence-electron chi connectivity index (χ4n) is 2.54. The molecule has 0 saturated carbocycles. The molecule has 1 aromatic rings. The lowest BCUT2D eigenvalue weighted by Crippen LogP contribution is -2.27. The van der Waals surface area contributed by atoms with Crippen molar-refractivity contribution in [3.05, 3.63) is 22.8 Å². The molecule has 1 aromatic heterocycles. The number of ether oxygens (including phenoxy) is 4. The minimum absolute atomic E-state index is 0.118. The summed E-state index contributed by atoms with van der Waals surface area (Å²) in [6.45, 7) is 7.48. The van der Waals surface area contributed by atoms with E-state index in [1.165, 1.54) is 0 Å². The fourth-order valence-corrected chi connectivity index (χ4v) is 2.54. The minimum atomic E-state index is -0.118. The van der Waals surface area contributed by atoms with Crippen molar-refractivity contribution in [2.24, 2.45) is 0 Å². The molecule has 0 bridgehead atoms. The molecule has 0 radical (unpaired) electrons. The molecular weight excluding hydrogens is 260 g/mol. The maximum atomic E-state index is 5.70. The molecule has 0 spiro atoms. The van der Waals surface area contributed by atoms with Gasteiger partial charge in [0.15, 0.2) is 0 Å². The van der Waals surface area contributed by atoms with Crippen LogP contribution in [0.3, 0.4) is 0 Å². The van der Waals surface area contributed by atoms with Crippen molar-refractivity contribution >= 4 is 0 Å². The van der Waals surface area contributed by atoms with Crippen LogP contribution in [0.5, 0.6) is 0 Å². The van der Waals surface area contributed by atoms with Gasteiger partial charge in [0, 0.05) is 0 Å². The van der Waals surface area contributed by atoms with Crippen molar-refractivity contribution in [1.29, 1.82) is 0 Å². The molecule has 2 atom stereocenters. The molecule has 2 fully saturated rings. The monoisotopic (exact) mass is 280 g/mol. The number of nitrogens with zero attached hydrogens (tertiary/aromatic N) is 2. The van der Waals surface area contributed by atoms with Gasteiger partial charge in [0.25, 0.3) is 0 Å². The first-order valence-corrected chi connectivity index (χ1v) is 6.99. The molecule has 2 aliphatic heterocycles. The van der Waals surface area contributed by atoms with Crippen molar-refractivity contribution < 1.29 is 18.9 Å². The zero-order chi connectivity index (χ0) is 13.9. The number of aryl methyl sites for hydroxylation is 2. The van der Waals surface area contributed by atoms with E-state index in [-0.39, 0.29) is 12.2 Å². The van der Waals surface area contributed by atoms with E-state index in [2.05, 4.69) is 9.97 Å². The van der Waals surface area contributed by atoms with Gasteiger partial charge in [-0.25, -0.2) is 0 Å². The lowest BCUT2D eigenvalue weighted by Gasteiger charge is -2.26. The summed E-state index contributed by atoms with van der Waals surface area (Å²) in [7, 11) is 0. The first-order chi connectivity index (χ1) is 9.75. The van der Waals surface area contributed by atoms with Crippen LogP contribution in [0.25, 0.3) is 0 Å². The summed E-state index contributed by atoms with van der Waals surface area (Å²) in [6.07, 6.45) is -0.236. The summed E-state index contributed by atoms with van der Waals surface area (Å²) in [4.78, 5) is 9.34. The van der Waals surface area contributed by atoms with Crippen molar-refractivity contribution in [1.82, 2.24) is 9.97 Å². The second-order valence-corrected chi connectivity index (χ2v) is 5.03. The van der Waals surface area contributed by atoms with E-state index >= 15 is 0 Å². The molecular formula is C14H20N2O4. The highest BCUT2D eigenvalue weighted by atomic mass is 16.6. The van der Waals surface area contributed by atoms with Gasteiger partial charge in [0.1, 0.15) is 12.2 Å². The SMILES string of the molecule is Cc1nc(C2COCCO2)c(C)nc1C1COCCO1. The summed E-state index contributed by atoms with van der Waals surface area (Å²) >= 11 is 0. The molecule has 2 unspecified atom stereocenters. The molecule has 3 rings (SSSR count). The number of hydrogen-bond donors (Lipinski definition) is 0. The van der Waals surface area contributed by atoms with Crippen LogP contribution in [0.4, 0.5) is 0 Å². The molecule has 3 heterocycles. The number of hydrogen-bond acceptors (Lipinski definition) is 6. The Kier molecular flexibility index (Phi) is 4.26. The first kappa shape index (κ1) is 13.9. The highest BCUT2D eigenvalue weighted by Crippen LogP contribution is 2.26. The average Bonchev–Trinajstić information content (AvgIpc) is 2.51. The van der Waals surface area contributed by atoms with Gasteiger partial charge in [-0.05, 0) is 13.8 Å². The Morgan fingerprint density at radius 3 is 1.55 bits per heavy atom. The zero-order valence-corrected chi connectivity index (χ0v) is 11.9. The first-order valence-electron chi connectivity index (χ1n) is 6.99. The lowest BCUT2D eigenvalue weighted by molar-refractivity contribution is -0.0946. The van der Waals surface area contributed by atoms with E-state index in [0.29, 0.717) is 39.6 Å². The number of rotatable bonds is 2. The zero-order valence-electron chi connectivity index (χ0n) is 11.9. The molecule has 6 nitrogen and oxygen atoms in total. The Balaban J connectivity index is 1.85. The van der Waals surface area contributed by atoms with Crippen LogP contribution in [-0.2, 0) is 18.9 Å². The smallest absolute Gasteiger partial charge is 0.125 e. The molecule has 20 heavy (non-hydrogen) atoms. The van der Waals surface area contributed by atoms with Crippen LogP contribution < -0.4 is 0 Å². The van der Waals surface area contributed by atoms with Crippen LogP contribution in [0, 0.1) is 13.8 Å². The normalized spacial score (nSPS) is 27.5. The topological polar surface area (TPSA) is 62.7 Å². The maximum Gasteiger partial charge on any atom is 0.125 e. The van der Waals surface area contributed by atoms with Crippen molar-refractivity contribution in [3.8, 4) is 0 Å². The van der Waals surface area contributed by atoms with Crippen LogP contribution >= 0.6 is 0 Å². The van der Waals surface area contributed by atoms with Gasteiger partial charge in [-0.1, -0.05) is 0 Å². The third kappa shape index (κ3) is 2.83. The Morgan fingerprint density at radius 1 is 0.750 bits per heavy atom. The minimum Gasteiger partial charge on any atom is -0.376 e. The summed E-state index contributed by atoms with van der Waals surface area (Å²) in [5, 5.41) is 0. The highest BCUT2D eigenvalue weighted by molar-refractivity contribution is 5.23. The van der Waals surface area contributed by atoms with Gasteiger partial charge >= 0.3 is 0 Å². The van der Waals surface area contributed by atoms with Crippen LogP contribution in [-0.4, -0.2) is 49.6 Å². The lowest BCUT2D eigenvalue weighted by atomic mass is 10.1. The molecule has 6 heteroatoms. The van der Waals surface area contributed by atoms with Gasteiger partial charge < -0.3 is 18.9 Å². The van der Waals surface area contributed by atoms with Gasteiger partial charge in [0.05, 0.1) is 62.4 Å². The van der Waals surface area contributed by atoms with E-state index in [1.807, 2.05) is 13.8 Å². The standard InChI is InChI=1S/C14H20N2O4/c1-9-13(11-7-17-3-5-19-11)16-10(2)14(15-9)12-8-18-4-6-20-12/h11-12H,3-8H2,1-2H3. The molecule has 0 aliphatic carbocycles. The number of aromatic nitrogens is 2. The second kappa shape index (κ2) is 6.13. The molecule has 2 aliphatic rings. The summed E-state index contributed by atoms with van der Waals surface area (Å²) in [5.74, 6) is 0. The molecule has 2 saturated heterocycles. The molecule has 110 valence electrons. The Hall–Kier alpha value is -1.08. The Morgan fingerprint density at radius 2 is 1.20 bits per heavy atom. The van der Waals surface area contributed by atoms with Crippen LogP contribution in [0.2, 0.25) is 0 Å². The highest BCUT2D eigenvalue weighted by Gasteiger charge is 2.25. The summed E-state index contributed by atoms with van der Waals surface area (Å²) in [6, 6.07) is 0. The van der Waals surface area contributed by atoms with Crippen LogP contribution in [0.1, 0.15) is 35.0 Å². The average molecular weight is 280 g/mol. The van der Waals surface area contributed by atoms with E-state index < -0.39 is 0 Å². The summed E-state index contributed by atoms with van der Waals surface area (Å²) in [5.41, 5.74) is 3.47. The van der Waals surface area contributed by atoms with Crippen molar-refractivity contribution in [3.63, 3.8) is 0 Å². The van der Waals surface area contributed by atoms with Gasteiger partial charge in [-0.2, -0.15) is 0 Å². The third-order valence-electron chi connectivity index (χ3n) is 3.56. The Bertz CT molecular complexity index is 425. The summed E-state index contributed by atoms with van der Waals surface area (Å²) < 4.78 is 22.3. The van der Waals surface area contributed by atoms with E-state index in [9.17, 15) is 0 Å². The molecule has 0 N–H and O–H groups in total. The van der Waals surface area contributed by atoms with Gasteiger partial charge in [-0.3, -0.25) is 9.97 Å². The predicted octanol–water partition coefficient (Wildman–Crippen LogP) is 1.27. The quantitative estimate of drug-likeness (QED) is 0.813. The van der Waals surface area contributed by atoms with Gasteiger partial charge in [0.2, 0.25) is 0 Å². The third-order valence-corrected chi connectivity index (χ3v) is 3.56. The molecule has 0 aromatic carbocycles. The molecule has 0 amide bonds. The second-order valence-electron chi connectivity index (χ2n) is 5.03. The van der Waals surface area contributed by atoms with Crippen molar-refractivity contribution in [2.45, 2.75) is 26.1 Å². The van der Waals surface area contributed by atoms with Crippen LogP contribution in [0.15, 0.2) is 0 Å². The maximum absolute atomic E-state index is 5.70. The van der Waals surface area contributed by atoms with Gasteiger partial charge in [-0.15, -0.1) is 0 Å². The largest absolute Gasteiger partial charge is 0.376 e. The predicted molar refractivity (Wildman–Crippen MR) is 70.5 cm³/mol. The Labute approximate surface area is 118 Å². The van der Waals surface area contributed by atoms with E-state index in [4.69, 9.17) is 18.9 Å². The van der Waals surface area contributed by atoms with E-state index in [1.54, 1.807) is 0 Å². The fraction of sp³-hybridized carbons (Fsp3) is 0.714. The van der Waals surface area contributed by atoms with Crippen molar-refractivity contribution in [2.75, 3.05) is 39.6 Å².